The molecular formula is C10H8BrN3O5. The van der Waals surface area contributed by atoms with E-state index >= 15 is 0 Å². The summed E-state index contributed by atoms with van der Waals surface area (Å²) >= 11 is 3.04. The molecule has 2 aromatic rings. The van der Waals surface area contributed by atoms with Gasteiger partial charge in [-0.25, -0.2) is 4.79 Å². The Hall–Kier alpha value is -2.16. The summed E-state index contributed by atoms with van der Waals surface area (Å²) in [6.07, 6.45) is 1.46. The van der Waals surface area contributed by atoms with E-state index in [-0.39, 0.29) is 22.6 Å². The second-order valence-electron chi connectivity index (χ2n) is 3.51. The van der Waals surface area contributed by atoms with Gasteiger partial charge in [0.2, 0.25) is 5.76 Å². The molecule has 19 heavy (non-hydrogen) atoms. The van der Waals surface area contributed by atoms with Crippen LogP contribution >= 0.6 is 15.9 Å². The van der Waals surface area contributed by atoms with Gasteiger partial charge in [-0.15, -0.1) is 0 Å². The van der Waals surface area contributed by atoms with Gasteiger partial charge in [0, 0.05) is 0 Å². The number of rotatable bonds is 4. The summed E-state index contributed by atoms with van der Waals surface area (Å²) in [4.78, 5) is 21.2. The zero-order chi connectivity index (χ0) is 14.0. The number of carbonyl (C=O) groups is 1. The average Bonchev–Trinajstić information content (AvgIpc) is 2.95. The Balaban J connectivity index is 2.17. The third-order valence-electron chi connectivity index (χ3n) is 2.24. The molecule has 0 aliphatic carbocycles. The van der Waals surface area contributed by atoms with Crippen molar-refractivity contribution in [1.82, 2.24) is 9.78 Å². The van der Waals surface area contributed by atoms with Crippen LogP contribution in [0.5, 0.6) is 0 Å². The number of furan rings is 1. The van der Waals surface area contributed by atoms with Crippen molar-refractivity contribution in [2.75, 3.05) is 7.11 Å². The monoisotopic (exact) mass is 329 g/mol. The number of aromatic nitrogens is 2. The van der Waals surface area contributed by atoms with E-state index in [0.29, 0.717) is 5.76 Å². The summed E-state index contributed by atoms with van der Waals surface area (Å²) in [5, 5.41) is 14.4. The minimum Gasteiger partial charge on any atom is -0.463 e. The van der Waals surface area contributed by atoms with Crippen LogP contribution in [0.15, 0.2) is 27.2 Å². The Bertz CT molecular complexity index is 633. The molecule has 0 amide bonds. The minimum atomic E-state index is -0.595. The molecule has 0 N–H and O–H groups in total. The molecule has 0 spiro atoms. The zero-order valence-electron chi connectivity index (χ0n) is 9.70. The van der Waals surface area contributed by atoms with E-state index in [2.05, 4.69) is 25.8 Å². The standard InChI is InChI=1S/C10H8BrN3O5/c1-18-10(15)8-3-2-6(19-8)4-13-5-7(11)9(12-13)14(16)17/h2-3,5H,4H2,1H3. The molecule has 0 bridgehead atoms. The van der Waals surface area contributed by atoms with E-state index in [1.807, 2.05) is 0 Å². The second-order valence-corrected chi connectivity index (χ2v) is 4.37. The molecule has 0 aliphatic heterocycles. The summed E-state index contributed by atoms with van der Waals surface area (Å²) in [6, 6.07) is 3.04. The molecule has 8 nitrogen and oxygen atoms in total. The Kier molecular flexibility index (Phi) is 3.65. The number of hydrogen-bond donors (Lipinski definition) is 0. The van der Waals surface area contributed by atoms with Crippen LogP contribution in [0.25, 0.3) is 0 Å². The molecule has 0 saturated heterocycles. The van der Waals surface area contributed by atoms with Gasteiger partial charge in [-0.2, -0.15) is 4.68 Å². The predicted octanol–water partition coefficient (Wildman–Crippen LogP) is 1.98. The average molecular weight is 330 g/mol. The van der Waals surface area contributed by atoms with E-state index in [1.54, 1.807) is 6.07 Å². The van der Waals surface area contributed by atoms with Gasteiger partial charge in [0.05, 0.1) is 18.4 Å². The van der Waals surface area contributed by atoms with Crippen LogP contribution in [0.2, 0.25) is 0 Å². The van der Waals surface area contributed by atoms with Gasteiger partial charge in [0.25, 0.3) is 0 Å². The number of esters is 1. The highest BCUT2D eigenvalue weighted by Crippen LogP contribution is 2.22. The van der Waals surface area contributed by atoms with Gasteiger partial charge >= 0.3 is 11.8 Å². The van der Waals surface area contributed by atoms with E-state index in [1.165, 1.54) is 24.1 Å². The van der Waals surface area contributed by atoms with Gasteiger partial charge in [-0.3, -0.25) is 0 Å². The van der Waals surface area contributed by atoms with Crippen LogP contribution < -0.4 is 0 Å². The van der Waals surface area contributed by atoms with Crippen LogP contribution in [0.4, 0.5) is 5.82 Å². The zero-order valence-corrected chi connectivity index (χ0v) is 11.3. The first kappa shape index (κ1) is 13.3. The van der Waals surface area contributed by atoms with Crippen LogP contribution in [0.3, 0.4) is 0 Å². The quantitative estimate of drug-likeness (QED) is 0.483. The fourth-order valence-electron chi connectivity index (χ4n) is 1.42. The maximum atomic E-state index is 11.2. The molecule has 2 heterocycles. The highest BCUT2D eigenvalue weighted by Gasteiger charge is 2.19. The molecule has 9 heteroatoms. The molecule has 100 valence electrons. The molecule has 0 fully saturated rings. The highest BCUT2D eigenvalue weighted by atomic mass is 79.9. The number of nitro groups is 1. The fourth-order valence-corrected chi connectivity index (χ4v) is 1.88. The van der Waals surface area contributed by atoms with Crippen molar-refractivity contribution in [2.45, 2.75) is 6.54 Å². The van der Waals surface area contributed by atoms with E-state index in [9.17, 15) is 14.9 Å². The third-order valence-corrected chi connectivity index (χ3v) is 2.80. The maximum absolute atomic E-state index is 11.2. The molecular weight excluding hydrogens is 322 g/mol. The third kappa shape index (κ3) is 2.81. The number of nitrogens with zero attached hydrogens (tertiary/aromatic N) is 3. The van der Waals surface area contributed by atoms with Gasteiger partial charge in [0.15, 0.2) is 0 Å². The maximum Gasteiger partial charge on any atom is 0.404 e. The second kappa shape index (κ2) is 5.22. The number of ether oxygens (including phenoxy) is 1. The lowest BCUT2D eigenvalue weighted by atomic mass is 10.4. The summed E-state index contributed by atoms with van der Waals surface area (Å²) in [7, 11) is 1.25. The van der Waals surface area contributed by atoms with Crippen LogP contribution in [-0.2, 0) is 11.3 Å². The molecule has 0 aliphatic rings. The van der Waals surface area contributed by atoms with E-state index < -0.39 is 10.9 Å². The van der Waals surface area contributed by atoms with Crippen molar-refractivity contribution in [2.24, 2.45) is 0 Å². The molecule has 0 aromatic carbocycles. The van der Waals surface area contributed by atoms with Crippen LogP contribution in [0, 0.1) is 10.1 Å². The Morgan fingerprint density at radius 3 is 2.95 bits per heavy atom. The first-order valence-corrected chi connectivity index (χ1v) is 5.85. The fraction of sp³-hybridized carbons (Fsp3) is 0.200. The lowest BCUT2D eigenvalue weighted by Crippen LogP contribution is -2.01. The predicted molar refractivity (Wildman–Crippen MR) is 65.7 cm³/mol. The smallest absolute Gasteiger partial charge is 0.404 e. The molecule has 0 unspecified atom stereocenters. The highest BCUT2D eigenvalue weighted by molar-refractivity contribution is 9.10. The molecule has 2 aromatic heterocycles. The molecule has 0 radical (unpaired) electrons. The van der Waals surface area contributed by atoms with Gasteiger partial charge in [-0.05, 0) is 33.0 Å². The minimum absolute atomic E-state index is 0.0678. The summed E-state index contributed by atoms with van der Waals surface area (Å²) in [5.41, 5.74) is 0. The lowest BCUT2D eigenvalue weighted by Gasteiger charge is -1.94. The number of halogens is 1. The van der Waals surface area contributed by atoms with Gasteiger partial charge < -0.3 is 19.3 Å². The summed E-state index contributed by atoms with van der Waals surface area (Å²) < 4.78 is 11.3. The SMILES string of the molecule is COC(=O)c1ccc(Cn2cc(Br)c([N+](=O)[O-])n2)o1. The van der Waals surface area contributed by atoms with Crippen LogP contribution in [-0.4, -0.2) is 27.8 Å². The number of methoxy groups -OCH3 is 1. The molecule has 2 rings (SSSR count). The van der Waals surface area contributed by atoms with Gasteiger partial charge in [-0.1, -0.05) is 0 Å². The normalized spacial score (nSPS) is 10.4. The van der Waals surface area contributed by atoms with Crippen molar-refractivity contribution >= 4 is 27.7 Å². The van der Waals surface area contributed by atoms with Crippen molar-refractivity contribution in [1.29, 1.82) is 0 Å². The summed E-state index contributed by atoms with van der Waals surface area (Å²) in [6.45, 7) is 0.170. The number of hydrogen-bond acceptors (Lipinski definition) is 6. The van der Waals surface area contributed by atoms with E-state index in [4.69, 9.17) is 4.42 Å². The lowest BCUT2D eigenvalue weighted by molar-refractivity contribution is -0.390. The summed E-state index contributed by atoms with van der Waals surface area (Å²) in [5.74, 6) is -0.359. The van der Waals surface area contributed by atoms with Gasteiger partial charge in [0.1, 0.15) is 16.8 Å². The van der Waals surface area contributed by atoms with Crippen molar-refractivity contribution in [3.63, 3.8) is 0 Å². The van der Waals surface area contributed by atoms with Crippen molar-refractivity contribution < 1.29 is 18.9 Å². The Morgan fingerprint density at radius 1 is 1.63 bits per heavy atom. The molecule has 0 saturated carbocycles. The topological polar surface area (TPSA) is 100 Å². The van der Waals surface area contributed by atoms with Crippen molar-refractivity contribution in [3.05, 3.63) is 44.4 Å². The number of carbonyl (C=O) groups excluding carboxylic acids is 1. The largest absolute Gasteiger partial charge is 0.463 e. The van der Waals surface area contributed by atoms with Crippen molar-refractivity contribution in [3.8, 4) is 0 Å². The molecule has 0 atom stereocenters. The first-order valence-electron chi connectivity index (χ1n) is 5.05. The van der Waals surface area contributed by atoms with E-state index in [0.717, 1.165) is 0 Å². The van der Waals surface area contributed by atoms with Crippen LogP contribution in [0.1, 0.15) is 16.3 Å². The first-order chi connectivity index (χ1) is 9.01. The Morgan fingerprint density at radius 2 is 2.37 bits per heavy atom. The Labute approximate surface area is 115 Å².